The highest BCUT2D eigenvalue weighted by Crippen LogP contribution is 2.23. The maximum absolute atomic E-state index is 13.9. The summed E-state index contributed by atoms with van der Waals surface area (Å²) in [6.07, 6.45) is 6.78. The first-order valence-electron chi connectivity index (χ1n) is 9.73. The monoisotopic (exact) mass is 347 g/mol. The SMILES string of the molecule is O=C(NCCCN1CCN(c2ccccc2F)CC1)C1CCCCC1. The number of rotatable bonds is 6. The van der Waals surface area contributed by atoms with Gasteiger partial charge in [0, 0.05) is 38.6 Å². The maximum atomic E-state index is 13.9. The van der Waals surface area contributed by atoms with Crippen LogP contribution in [0.25, 0.3) is 0 Å². The quantitative estimate of drug-likeness (QED) is 0.804. The van der Waals surface area contributed by atoms with E-state index in [2.05, 4.69) is 15.1 Å². The van der Waals surface area contributed by atoms with E-state index in [1.807, 2.05) is 12.1 Å². The van der Waals surface area contributed by atoms with Gasteiger partial charge in [0.1, 0.15) is 5.82 Å². The van der Waals surface area contributed by atoms with Crippen molar-refractivity contribution in [1.29, 1.82) is 0 Å². The molecule has 25 heavy (non-hydrogen) atoms. The van der Waals surface area contributed by atoms with Crippen LogP contribution in [-0.4, -0.2) is 50.1 Å². The Morgan fingerprint density at radius 3 is 2.52 bits per heavy atom. The molecule has 0 atom stereocenters. The lowest BCUT2D eigenvalue weighted by Crippen LogP contribution is -2.47. The summed E-state index contributed by atoms with van der Waals surface area (Å²) < 4.78 is 13.9. The van der Waals surface area contributed by atoms with Crippen molar-refractivity contribution in [2.45, 2.75) is 38.5 Å². The predicted octanol–water partition coefficient (Wildman–Crippen LogP) is 3.03. The van der Waals surface area contributed by atoms with E-state index in [1.54, 1.807) is 6.07 Å². The molecule has 0 unspecified atom stereocenters. The zero-order valence-electron chi connectivity index (χ0n) is 15.1. The summed E-state index contributed by atoms with van der Waals surface area (Å²) in [4.78, 5) is 16.6. The Bertz CT molecular complexity index is 552. The molecular weight excluding hydrogens is 317 g/mol. The number of halogens is 1. The molecule has 1 saturated carbocycles. The number of anilines is 1. The van der Waals surface area contributed by atoms with Crippen molar-refractivity contribution in [3.8, 4) is 0 Å². The van der Waals surface area contributed by atoms with Gasteiger partial charge in [-0.2, -0.15) is 0 Å². The summed E-state index contributed by atoms with van der Waals surface area (Å²) in [5.41, 5.74) is 0.710. The van der Waals surface area contributed by atoms with E-state index in [-0.39, 0.29) is 17.6 Å². The third kappa shape index (κ3) is 5.18. The molecule has 0 radical (unpaired) electrons. The largest absolute Gasteiger partial charge is 0.367 e. The molecule has 1 aliphatic carbocycles. The number of benzene rings is 1. The summed E-state index contributed by atoms with van der Waals surface area (Å²) >= 11 is 0. The Morgan fingerprint density at radius 1 is 1.08 bits per heavy atom. The van der Waals surface area contributed by atoms with Gasteiger partial charge in [-0.25, -0.2) is 4.39 Å². The molecule has 138 valence electrons. The molecule has 1 N–H and O–H groups in total. The van der Waals surface area contributed by atoms with Gasteiger partial charge in [0.2, 0.25) is 5.91 Å². The molecular formula is C20H30FN3O. The second kappa shape index (κ2) is 9.18. The van der Waals surface area contributed by atoms with Gasteiger partial charge >= 0.3 is 0 Å². The van der Waals surface area contributed by atoms with Crippen molar-refractivity contribution in [3.05, 3.63) is 30.1 Å². The Hall–Kier alpha value is -1.62. The minimum absolute atomic E-state index is 0.138. The van der Waals surface area contributed by atoms with Gasteiger partial charge in [0.05, 0.1) is 5.69 Å². The molecule has 2 fully saturated rings. The summed E-state index contributed by atoms with van der Waals surface area (Å²) in [6, 6.07) is 7.00. The van der Waals surface area contributed by atoms with Crippen molar-refractivity contribution >= 4 is 11.6 Å². The molecule has 0 bridgehead atoms. The third-order valence-electron chi connectivity index (χ3n) is 5.49. The van der Waals surface area contributed by atoms with Gasteiger partial charge < -0.3 is 10.2 Å². The summed E-state index contributed by atoms with van der Waals surface area (Å²) in [6.45, 7) is 5.37. The van der Waals surface area contributed by atoms with E-state index in [1.165, 1.54) is 25.3 Å². The zero-order chi connectivity index (χ0) is 17.5. The van der Waals surface area contributed by atoms with Crippen molar-refractivity contribution < 1.29 is 9.18 Å². The fraction of sp³-hybridized carbons (Fsp3) is 0.650. The highest BCUT2D eigenvalue weighted by Gasteiger charge is 2.21. The first kappa shape index (κ1) is 18.2. The molecule has 5 heteroatoms. The normalized spacial score (nSPS) is 19.8. The second-order valence-electron chi connectivity index (χ2n) is 7.26. The minimum Gasteiger partial charge on any atom is -0.367 e. The lowest BCUT2D eigenvalue weighted by atomic mass is 9.89. The number of hydrogen-bond acceptors (Lipinski definition) is 3. The summed E-state index contributed by atoms with van der Waals surface area (Å²) in [5, 5.41) is 3.11. The van der Waals surface area contributed by atoms with Gasteiger partial charge in [-0.1, -0.05) is 31.4 Å². The second-order valence-corrected chi connectivity index (χ2v) is 7.26. The van der Waals surface area contributed by atoms with E-state index >= 15 is 0 Å². The van der Waals surface area contributed by atoms with Crippen LogP contribution in [0, 0.1) is 11.7 Å². The third-order valence-corrected chi connectivity index (χ3v) is 5.49. The van der Waals surface area contributed by atoms with E-state index in [0.29, 0.717) is 5.69 Å². The molecule has 1 heterocycles. The van der Waals surface area contributed by atoms with Crippen molar-refractivity contribution in [2.75, 3.05) is 44.2 Å². The number of hydrogen-bond donors (Lipinski definition) is 1. The van der Waals surface area contributed by atoms with Gasteiger partial charge in [0.25, 0.3) is 0 Å². The number of carbonyl (C=O) groups excluding carboxylic acids is 1. The topological polar surface area (TPSA) is 35.6 Å². The summed E-state index contributed by atoms with van der Waals surface area (Å²) in [5.74, 6) is 0.364. The Labute approximate surface area is 150 Å². The molecule has 4 nitrogen and oxygen atoms in total. The van der Waals surface area contributed by atoms with Gasteiger partial charge in [0.15, 0.2) is 0 Å². The van der Waals surface area contributed by atoms with E-state index < -0.39 is 0 Å². The number of piperazine rings is 1. The molecule has 0 aromatic heterocycles. The van der Waals surface area contributed by atoms with Crippen LogP contribution in [0.3, 0.4) is 0 Å². The van der Waals surface area contributed by atoms with Gasteiger partial charge in [-0.05, 0) is 37.9 Å². The standard InChI is InChI=1S/C20H30FN3O/c21-18-9-4-5-10-19(18)24-15-13-23(14-16-24)12-6-11-22-20(25)17-7-2-1-3-8-17/h4-5,9-10,17H,1-3,6-8,11-16H2,(H,22,25). The van der Waals surface area contributed by atoms with Crippen molar-refractivity contribution in [2.24, 2.45) is 5.92 Å². The average molecular weight is 347 g/mol. The maximum Gasteiger partial charge on any atom is 0.223 e. The molecule has 0 spiro atoms. The Morgan fingerprint density at radius 2 is 1.80 bits per heavy atom. The van der Waals surface area contributed by atoms with Crippen molar-refractivity contribution in [1.82, 2.24) is 10.2 Å². The van der Waals surface area contributed by atoms with Crippen LogP contribution in [0.5, 0.6) is 0 Å². The van der Waals surface area contributed by atoms with Crippen LogP contribution in [0.15, 0.2) is 24.3 Å². The fourth-order valence-electron chi connectivity index (χ4n) is 3.94. The fourth-order valence-corrected chi connectivity index (χ4v) is 3.94. The van der Waals surface area contributed by atoms with E-state index in [9.17, 15) is 9.18 Å². The molecule has 3 rings (SSSR count). The van der Waals surface area contributed by atoms with Crippen LogP contribution in [0.1, 0.15) is 38.5 Å². The van der Waals surface area contributed by atoms with Crippen molar-refractivity contribution in [3.63, 3.8) is 0 Å². The van der Waals surface area contributed by atoms with Crippen LogP contribution in [-0.2, 0) is 4.79 Å². The highest BCUT2D eigenvalue weighted by molar-refractivity contribution is 5.78. The Kier molecular flexibility index (Phi) is 6.68. The number of nitrogens with zero attached hydrogens (tertiary/aromatic N) is 2. The smallest absolute Gasteiger partial charge is 0.223 e. The number of carbonyl (C=O) groups is 1. The minimum atomic E-state index is -0.138. The van der Waals surface area contributed by atoms with Crippen LogP contribution >= 0.6 is 0 Å². The van der Waals surface area contributed by atoms with Crippen LogP contribution in [0.2, 0.25) is 0 Å². The molecule has 1 saturated heterocycles. The lowest BCUT2D eigenvalue weighted by molar-refractivity contribution is -0.125. The average Bonchev–Trinajstić information content (AvgIpc) is 2.67. The van der Waals surface area contributed by atoms with Crippen LogP contribution in [0.4, 0.5) is 10.1 Å². The molecule has 1 amide bonds. The molecule has 2 aliphatic rings. The summed E-state index contributed by atoms with van der Waals surface area (Å²) in [7, 11) is 0. The molecule has 1 aromatic carbocycles. The number of para-hydroxylation sites is 1. The highest BCUT2D eigenvalue weighted by atomic mass is 19.1. The number of nitrogens with one attached hydrogen (secondary N) is 1. The molecule has 1 aliphatic heterocycles. The van der Waals surface area contributed by atoms with Gasteiger partial charge in [-0.3, -0.25) is 9.69 Å². The lowest BCUT2D eigenvalue weighted by Gasteiger charge is -2.36. The predicted molar refractivity (Wildman–Crippen MR) is 99.3 cm³/mol. The van der Waals surface area contributed by atoms with Crippen LogP contribution < -0.4 is 10.2 Å². The number of amides is 1. The first-order chi connectivity index (χ1) is 12.2. The first-order valence-corrected chi connectivity index (χ1v) is 9.73. The molecule has 1 aromatic rings. The Balaban J connectivity index is 1.31. The van der Waals surface area contributed by atoms with E-state index in [0.717, 1.165) is 58.5 Å². The van der Waals surface area contributed by atoms with E-state index in [4.69, 9.17) is 0 Å². The van der Waals surface area contributed by atoms with Gasteiger partial charge in [-0.15, -0.1) is 0 Å². The zero-order valence-corrected chi connectivity index (χ0v) is 15.1.